The molecule has 3 atom stereocenters. The van der Waals surface area contributed by atoms with Crippen LogP contribution in [0.3, 0.4) is 0 Å². The van der Waals surface area contributed by atoms with Crippen LogP contribution in [-0.2, 0) is 4.79 Å². The molecule has 0 saturated carbocycles. The van der Waals surface area contributed by atoms with Gasteiger partial charge in [-0.05, 0) is 84.0 Å². The van der Waals surface area contributed by atoms with Crippen LogP contribution in [0.5, 0.6) is 0 Å². The first-order chi connectivity index (χ1) is 16.0. The van der Waals surface area contributed by atoms with Crippen LogP contribution in [0.25, 0.3) is 0 Å². The predicted molar refractivity (Wildman–Crippen MR) is 140 cm³/mol. The first-order valence-electron chi connectivity index (χ1n) is 13.1. The molecule has 0 aromatic heterocycles. The first-order valence-corrected chi connectivity index (χ1v) is 13.1. The SMILES string of the molecule is CCCCC/C=C\CCCC/C=C\CC(O)/C=C\CCC(O)CC(O)C/C=C\CCC(C)=O. The van der Waals surface area contributed by atoms with Crippen LogP contribution in [0.2, 0.25) is 0 Å². The van der Waals surface area contributed by atoms with Crippen molar-refractivity contribution in [2.75, 3.05) is 0 Å². The number of carbonyl (C=O) groups is 1. The maximum Gasteiger partial charge on any atom is 0.130 e. The molecule has 0 heterocycles. The molecule has 0 bridgehead atoms. The Balaban J connectivity index is 3.70. The van der Waals surface area contributed by atoms with E-state index < -0.39 is 18.3 Å². The molecule has 0 radical (unpaired) electrons. The fourth-order valence-corrected chi connectivity index (χ4v) is 3.43. The summed E-state index contributed by atoms with van der Waals surface area (Å²) in [4.78, 5) is 10.9. The topological polar surface area (TPSA) is 77.8 Å². The number of unbranched alkanes of at least 4 members (excludes halogenated alkanes) is 6. The summed E-state index contributed by atoms with van der Waals surface area (Å²) in [7, 11) is 0. The Morgan fingerprint density at radius 2 is 1.27 bits per heavy atom. The van der Waals surface area contributed by atoms with Gasteiger partial charge in [-0.15, -0.1) is 0 Å². The van der Waals surface area contributed by atoms with Crippen molar-refractivity contribution in [1.29, 1.82) is 0 Å². The van der Waals surface area contributed by atoms with Crippen LogP contribution in [0.4, 0.5) is 0 Å². The van der Waals surface area contributed by atoms with Crippen molar-refractivity contribution in [3.05, 3.63) is 48.6 Å². The molecule has 0 fully saturated rings. The lowest BCUT2D eigenvalue weighted by Crippen LogP contribution is -2.16. The minimum absolute atomic E-state index is 0.164. The Kier molecular flexibility index (Phi) is 22.6. The number of hydrogen-bond donors (Lipinski definition) is 3. The van der Waals surface area contributed by atoms with Gasteiger partial charge in [0.25, 0.3) is 0 Å². The molecule has 0 saturated heterocycles. The molecule has 0 rings (SSSR count). The average molecular weight is 463 g/mol. The summed E-state index contributed by atoms with van der Waals surface area (Å²) in [6, 6.07) is 0. The lowest BCUT2D eigenvalue weighted by atomic mass is 10.0. The maximum atomic E-state index is 10.9. The lowest BCUT2D eigenvalue weighted by Gasteiger charge is -2.13. The number of allylic oxidation sites excluding steroid dienone is 5. The molecule has 0 aromatic carbocycles. The van der Waals surface area contributed by atoms with Gasteiger partial charge in [0.2, 0.25) is 0 Å². The van der Waals surface area contributed by atoms with Crippen molar-refractivity contribution in [2.45, 2.75) is 128 Å². The van der Waals surface area contributed by atoms with Crippen molar-refractivity contribution in [3.63, 3.8) is 0 Å². The minimum Gasteiger partial charge on any atom is -0.393 e. The first kappa shape index (κ1) is 31.5. The number of rotatable bonds is 22. The van der Waals surface area contributed by atoms with E-state index in [0.717, 1.165) is 12.8 Å². The summed E-state index contributed by atoms with van der Waals surface area (Å²) in [5, 5.41) is 30.0. The van der Waals surface area contributed by atoms with Crippen LogP contribution in [0.1, 0.15) is 110 Å². The van der Waals surface area contributed by atoms with E-state index in [1.807, 2.05) is 24.3 Å². The third kappa shape index (κ3) is 25.0. The second-order valence-electron chi connectivity index (χ2n) is 9.02. The quantitative estimate of drug-likeness (QED) is 0.123. The fourth-order valence-electron chi connectivity index (χ4n) is 3.43. The van der Waals surface area contributed by atoms with Crippen molar-refractivity contribution >= 4 is 5.78 Å². The third-order valence-corrected chi connectivity index (χ3v) is 5.48. The summed E-state index contributed by atoms with van der Waals surface area (Å²) < 4.78 is 0. The van der Waals surface area contributed by atoms with Gasteiger partial charge in [0.1, 0.15) is 5.78 Å². The summed E-state index contributed by atoms with van der Waals surface area (Å²) >= 11 is 0. The van der Waals surface area contributed by atoms with Crippen molar-refractivity contribution in [2.24, 2.45) is 0 Å². The van der Waals surface area contributed by atoms with Gasteiger partial charge in [0, 0.05) is 6.42 Å². The number of ketones is 1. The van der Waals surface area contributed by atoms with E-state index in [9.17, 15) is 20.1 Å². The highest BCUT2D eigenvalue weighted by Crippen LogP contribution is 2.10. The van der Waals surface area contributed by atoms with Gasteiger partial charge in [-0.2, -0.15) is 0 Å². The molecule has 3 N–H and O–H groups in total. The average Bonchev–Trinajstić information content (AvgIpc) is 2.77. The Morgan fingerprint density at radius 3 is 1.91 bits per heavy atom. The summed E-state index contributed by atoms with van der Waals surface area (Å²) in [6.07, 6.45) is 28.3. The van der Waals surface area contributed by atoms with Crippen LogP contribution in [0.15, 0.2) is 48.6 Å². The Labute approximate surface area is 203 Å². The van der Waals surface area contributed by atoms with Crippen LogP contribution < -0.4 is 0 Å². The zero-order chi connectivity index (χ0) is 24.6. The van der Waals surface area contributed by atoms with E-state index in [1.165, 1.54) is 38.5 Å². The molecule has 4 nitrogen and oxygen atoms in total. The number of aliphatic hydroxyl groups is 3. The molecule has 190 valence electrons. The highest BCUT2D eigenvalue weighted by molar-refractivity contribution is 5.75. The van der Waals surface area contributed by atoms with E-state index in [1.54, 1.807) is 13.0 Å². The van der Waals surface area contributed by atoms with Gasteiger partial charge < -0.3 is 20.1 Å². The van der Waals surface area contributed by atoms with Gasteiger partial charge in [0.05, 0.1) is 18.3 Å². The second kappa shape index (κ2) is 23.7. The lowest BCUT2D eigenvalue weighted by molar-refractivity contribution is -0.116. The van der Waals surface area contributed by atoms with Crippen LogP contribution in [0, 0.1) is 0 Å². The standard InChI is InChI=1S/C29H50O4/c1-3-4-5-6-7-8-9-10-11-12-13-16-21-27(31)22-18-19-24-29(33)25-28(32)23-17-14-15-20-26(2)30/h7-8,13-14,16-18,22,27-29,31-33H,3-6,9-12,15,19-21,23-25H2,1-2H3/b8-7-,16-13-,17-14-,22-18-. The smallest absolute Gasteiger partial charge is 0.130 e. The molecule has 0 aliphatic carbocycles. The number of aliphatic hydroxyl groups excluding tert-OH is 3. The molecule has 0 aromatic rings. The Bertz CT molecular complexity index is 562. The van der Waals surface area contributed by atoms with Gasteiger partial charge >= 0.3 is 0 Å². The zero-order valence-corrected chi connectivity index (χ0v) is 21.2. The molecular weight excluding hydrogens is 412 g/mol. The second-order valence-corrected chi connectivity index (χ2v) is 9.02. The fraction of sp³-hybridized carbons (Fsp3) is 0.690. The molecule has 0 spiro atoms. The van der Waals surface area contributed by atoms with Crippen molar-refractivity contribution in [1.82, 2.24) is 0 Å². The Hall–Kier alpha value is -1.49. The Morgan fingerprint density at radius 1 is 0.697 bits per heavy atom. The summed E-state index contributed by atoms with van der Waals surface area (Å²) in [6.45, 7) is 3.80. The van der Waals surface area contributed by atoms with Crippen LogP contribution >= 0.6 is 0 Å². The van der Waals surface area contributed by atoms with Crippen LogP contribution in [-0.4, -0.2) is 39.4 Å². The predicted octanol–water partition coefficient (Wildman–Crippen LogP) is 6.75. The molecular formula is C29H50O4. The van der Waals surface area contributed by atoms with Crippen molar-refractivity contribution in [3.8, 4) is 0 Å². The van der Waals surface area contributed by atoms with E-state index in [-0.39, 0.29) is 5.78 Å². The number of carbonyl (C=O) groups excluding carboxylic acids is 1. The van der Waals surface area contributed by atoms with E-state index in [2.05, 4.69) is 25.2 Å². The van der Waals surface area contributed by atoms with Gasteiger partial charge in [0.15, 0.2) is 0 Å². The zero-order valence-electron chi connectivity index (χ0n) is 21.2. The normalized spacial score (nSPS) is 15.3. The van der Waals surface area contributed by atoms with E-state index >= 15 is 0 Å². The molecule has 0 aliphatic rings. The summed E-state index contributed by atoms with van der Waals surface area (Å²) in [5.41, 5.74) is 0. The minimum atomic E-state index is -0.574. The number of Topliss-reactive ketones (excluding diaryl/α,β-unsaturated/α-hetero) is 1. The highest BCUT2D eigenvalue weighted by atomic mass is 16.3. The van der Waals surface area contributed by atoms with Gasteiger partial charge in [-0.25, -0.2) is 0 Å². The number of hydrogen-bond acceptors (Lipinski definition) is 4. The monoisotopic (exact) mass is 462 g/mol. The largest absolute Gasteiger partial charge is 0.393 e. The van der Waals surface area contributed by atoms with E-state index in [0.29, 0.717) is 44.9 Å². The van der Waals surface area contributed by atoms with Gasteiger partial charge in [-0.1, -0.05) is 68.4 Å². The molecule has 4 heteroatoms. The molecule has 0 aliphatic heterocycles. The van der Waals surface area contributed by atoms with Crippen molar-refractivity contribution < 1.29 is 20.1 Å². The molecule has 33 heavy (non-hydrogen) atoms. The summed E-state index contributed by atoms with van der Waals surface area (Å²) in [5.74, 6) is 0.164. The third-order valence-electron chi connectivity index (χ3n) is 5.48. The van der Waals surface area contributed by atoms with Gasteiger partial charge in [-0.3, -0.25) is 0 Å². The molecule has 0 amide bonds. The van der Waals surface area contributed by atoms with E-state index in [4.69, 9.17) is 0 Å². The molecule has 3 unspecified atom stereocenters. The maximum absolute atomic E-state index is 10.9. The highest BCUT2D eigenvalue weighted by Gasteiger charge is 2.10.